The Hall–Kier alpha value is -2.28. The van der Waals surface area contributed by atoms with Crippen LogP contribution < -0.4 is 5.73 Å². The fourth-order valence-electron chi connectivity index (χ4n) is 1.79. The van der Waals surface area contributed by atoms with Crippen molar-refractivity contribution >= 4 is 21.6 Å². The van der Waals surface area contributed by atoms with Crippen LogP contribution in [0.25, 0.3) is 17.2 Å². The zero-order chi connectivity index (χ0) is 14.1. The third-order valence-corrected chi connectivity index (χ3v) is 3.18. The first-order chi connectivity index (χ1) is 9.65. The Kier molecular flexibility index (Phi) is 3.19. The van der Waals surface area contributed by atoms with Gasteiger partial charge in [-0.15, -0.1) is 0 Å². The molecule has 0 aliphatic rings. The Labute approximate surface area is 122 Å². The van der Waals surface area contributed by atoms with Crippen molar-refractivity contribution in [1.29, 1.82) is 0 Å². The van der Waals surface area contributed by atoms with Gasteiger partial charge >= 0.3 is 0 Å². The predicted molar refractivity (Wildman–Crippen MR) is 76.7 cm³/mol. The van der Waals surface area contributed by atoms with E-state index in [1.54, 1.807) is 36.8 Å². The van der Waals surface area contributed by atoms with Gasteiger partial charge in [0.2, 0.25) is 0 Å². The van der Waals surface area contributed by atoms with Crippen LogP contribution in [-0.4, -0.2) is 19.7 Å². The fraction of sp³-hybridized carbons (Fsp3) is 0. The molecule has 0 fully saturated rings. The lowest BCUT2D eigenvalue weighted by Gasteiger charge is -2.01. The number of aromatic nitrogens is 4. The summed E-state index contributed by atoms with van der Waals surface area (Å²) in [6.07, 6.45) is 4.75. The maximum absolute atomic E-state index is 13.9. The summed E-state index contributed by atoms with van der Waals surface area (Å²) in [7, 11) is 0. The van der Waals surface area contributed by atoms with Gasteiger partial charge in [-0.25, -0.2) is 19.0 Å². The van der Waals surface area contributed by atoms with Gasteiger partial charge < -0.3 is 5.73 Å². The standard InChI is InChI=1S/C13H9BrFN5/c14-8-2-3-10(15)9(6-8)12-11(16)7-20(19-12)13-17-4-1-5-18-13/h1-7H,16H2. The van der Waals surface area contributed by atoms with Gasteiger partial charge in [0.1, 0.15) is 11.5 Å². The molecular weight excluding hydrogens is 325 g/mol. The van der Waals surface area contributed by atoms with Crippen molar-refractivity contribution in [2.24, 2.45) is 0 Å². The summed E-state index contributed by atoms with van der Waals surface area (Å²) >= 11 is 3.30. The van der Waals surface area contributed by atoms with Crippen LogP contribution in [0, 0.1) is 5.82 Å². The molecule has 0 unspecified atom stereocenters. The molecule has 0 saturated heterocycles. The molecule has 0 atom stereocenters. The third kappa shape index (κ3) is 2.27. The average Bonchev–Trinajstić information content (AvgIpc) is 2.84. The number of nitrogens with two attached hydrogens (primary N) is 1. The van der Waals surface area contributed by atoms with Crippen LogP contribution in [0.4, 0.5) is 10.1 Å². The lowest BCUT2D eigenvalue weighted by Crippen LogP contribution is -2.00. The summed E-state index contributed by atoms with van der Waals surface area (Å²) in [4.78, 5) is 8.14. The van der Waals surface area contributed by atoms with E-state index in [0.29, 0.717) is 22.9 Å². The van der Waals surface area contributed by atoms with Crippen LogP contribution in [0.5, 0.6) is 0 Å². The molecule has 1 aromatic carbocycles. The van der Waals surface area contributed by atoms with Gasteiger partial charge in [0.15, 0.2) is 0 Å². The van der Waals surface area contributed by atoms with Gasteiger partial charge in [-0.3, -0.25) is 0 Å². The lowest BCUT2D eigenvalue weighted by molar-refractivity contribution is 0.630. The second kappa shape index (κ2) is 5.01. The van der Waals surface area contributed by atoms with Crippen molar-refractivity contribution in [2.45, 2.75) is 0 Å². The Morgan fingerprint density at radius 2 is 1.95 bits per heavy atom. The predicted octanol–water partition coefficient (Wildman–Crippen LogP) is 2.81. The van der Waals surface area contributed by atoms with Crippen molar-refractivity contribution in [2.75, 3.05) is 5.73 Å². The van der Waals surface area contributed by atoms with Crippen LogP contribution >= 0.6 is 15.9 Å². The molecule has 100 valence electrons. The van der Waals surface area contributed by atoms with E-state index in [1.165, 1.54) is 10.7 Å². The maximum atomic E-state index is 13.9. The highest BCUT2D eigenvalue weighted by atomic mass is 79.9. The highest BCUT2D eigenvalue weighted by Crippen LogP contribution is 2.29. The molecule has 0 radical (unpaired) electrons. The van der Waals surface area contributed by atoms with E-state index in [0.717, 1.165) is 4.47 Å². The first-order valence-electron chi connectivity index (χ1n) is 5.73. The number of hydrogen-bond donors (Lipinski definition) is 1. The van der Waals surface area contributed by atoms with E-state index in [4.69, 9.17) is 5.73 Å². The zero-order valence-electron chi connectivity index (χ0n) is 10.2. The molecule has 0 bridgehead atoms. The summed E-state index contributed by atoms with van der Waals surface area (Å²) < 4.78 is 16.1. The van der Waals surface area contributed by atoms with E-state index in [9.17, 15) is 4.39 Å². The Balaban J connectivity index is 2.12. The van der Waals surface area contributed by atoms with Crippen molar-refractivity contribution < 1.29 is 4.39 Å². The van der Waals surface area contributed by atoms with Crippen LogP contribution in [0.15, 0.2) is 47.3 Å². The minimum atomic E-state index is -0.390. The maximum Gasteiger partial charge on any atom is 0.250 e. The Bertz CT molecular complexity index is 757. The second-order valence-electron chi connectivity index (χ2n) is 4.05. The summed E-state index contributed by atoms with van der Waals surface area (Å²) in [6.45, 7) is 0. The summed E-state index contributed by atoms with van der Waals surface area (Å²) in [5.41, 5.74) is 6.95. The summed E-state index contributed by atoms with van der Waals surface area (Å²) in [5.74, 6) is -0.0139. The SMILES string of the molecule is Nc1cn(-c2ncccn2)nc1-c1cc(Br)ccc1F. The summed E-state index contributed by atoms with van der Waals surface area (Å²) in [5, 5.41) is 4.26. The van der Waals surface area contributed by atoms with Gasteiger partial charge in [0.25, 0.3) is 5.95 Å². The normalized spacial score (nSPS) is 10.7. The van der Waals surface area contributed by atoms with Gasteiger partial charge in [-0.05, 0) is 24.3 Å². The monoisotopic (exact) mass is 333 g/mol. The van der Waals surface area contributed by atoms with Crippen molar-refractivity contribution in [3.63, 3.8) is 0 Å². The minimum Gasteiger partial charge on any atom is -0.396 e. The van der Waals surface area contributed by atoms with Crippen LogP contribution in [0.3, 0.4) is 0 Å². The minimum absolute atomic E-state index is 0.326. The molecule has 20 heavy (non-hydrogen) atoms. The second-order valence-corrected chi connectivity index (χ2v) is 4.97. The molecular formula is C13H9BrFN5. The van der Waals surface area contributed by atoms with Crippen LogP contribution in [0.1, 0.15) is 0 Å². The number of rotatable bonds is 2. The van der Waals surface area contributed by atoms with E-state index in [1.807, 2.05) is 0 Å². The Morgan fingerprint density at radius 3 is 2.70 bits per heavy atom. The number of nitrogen functional groups attached to an aromatic ring is 1. The molecule has 2 aromatic heterocycles. The quantitative estimate of drug-likeness (QED) is 0.782. The number of benzene rings is 1. The summed E-state index contributed by atoms with van der Waals surface area (Å²) in [6, 6.07) is 6.30. The molecule has 7 heteroatoms. The largest absolute Gasteiger partial charge is 0.396 e. The van der Waals surface area contributed by atoms with E-state index in [-0.39, 0.29) is 5.82 Å². The van der Waals surface area contributed by atoms with Crippen molar-refractivity contribution in [1.82, 2.24) is 19.7 Å². The molecule has 0 amide bonds. The van der Waals surface area contributed by atoms with E-state index < -0.39 is 0 Å². The first-order valence-corrected chi connectivity index (χ1v) is 6.52. The Morgan fingerprint density at radius 1 is 1.20 bits per heavy atom. The van der Waals surface area contributed by atoms with Crippen molar-refractivity contribution in [3.05, 3.63) is 53.1 Å². The highest BCUT2D eigenvalue weighted by molar-refractivity contribution is 9.10. The molecule has 5 nitrogen and oxygen atoms in total. The molecule has 2 heterocycles. The third-order valence-electron chi connectivity index (χ3n) is 2.68. The van der Waals surface area contributed by atoms with Gasteiger partial charge in [-0.2, -0.15) is 5.10 Å². The molecule has 3 rings (SSSR count). The number of hydrogen-bond acceptors (Lipinski definition) is 4. The fourth-order valence-corrected chi connectivity index (χ4v) is 2.15. The van der Waals surface area contributed by atoms with Gasteiger partial charge in [-0.1, -0.05) is 15.9 Å². The highest BCUT2D eigenvalue weighted by Gasteiger charge is 2.14. The number of halogens is 2. The van der Waals surface area contributed by atoms with E-state index >= 15 is 0 Å². The molecule has 0 spiro atoms. The van der Waals surface area contributed by atoms with Gasteiger partial charge in [0, 0.05) is 22.4 Å². The first kappa shape index (κ1) is 12.7. The van der Waals surface area contributed by atoms with Crippen molar-refractivity contribution in [3.8, 4) is 17.2 Å². The molecule has 0 aliphatic carbocycles. The topological polar surface area (TPSA) is 69.6 Å². The number of nitrogens with zero attached hydrogens (tertiary/aromatic N) is 4. The average molecular weight is 334 g/mol. The smallest absolute Gasteiger partial charge is 0.250 e. The molecule has 2 N–H and O–H groups in total. The molecule has 0 saturated carbocycles. The van der Waals surface area contributed by atoms with Crippen LogP contribution in [-0.2, 0) is 0 Å². The van der Waals surface area contributed by atoms with E-state index in [2.05, 4.69) is 31.0 Å². The molecule has 3 aromatic rings. The number of anilines is 1. The molecule has 0 aliphatic heterocycles. The van der Waals surface area contributed by atoms with Crippen LogP contribution in [0.2, 0.25) is 0 Å². The lowest BCUT2D eigenvalue weighted by atomic mass is 10.1. The van der Waals surface area contributed by atoms with Gasteiger partial charge in [0.05, 0.1) is 11.9 Å². The zero-order valence-corrected chi connectivity index (χ0v) is 11.7.